The van der Waals surface area contributed by atoms with E-state index >= 15 is 0 Å². The third-order valence-corrected chi connectivity index (χ3v) is 3.40. The summed E-state index contributed by atoms with van der Waals surface area (Å²) in [7, 11) is 1.60. The van der Waals surface area contributed by atoms with E-state index in [2.05, 4.69) is 5.32 Å². The van der Waals surface area contributed by atoms with E-state index in [9.17, 15) is 9.90 Å². The molecule has 0 saturated carbocycles. The van der Waals surface area contributed by atoms with Crippen molar-refractivity contribution in [3.63, 3.8) is 0 Å². The minimum atomic E-state index is -0.354. The Hall–Kier alpha value is -2.20. The van der Waals surface area contributed by atoms with Crippen molar-refractivity contribution in [1.82, 2.24) is 5.32 Å². The summed E-state index contributed by atoms with van der Waals surface area (Å²) in [5.41, 5.74) is 1.14. The molecule has 1 amide bonds. The molecule has 5 heteroatoms. The number of hydrogen-bond acceptors (Lipinski definition) is 3. The maximum atomic E-state index is 12.1. The number of carbonyl (C=O) groups is 1. The largest absolute Gasteiger partial charge is 0.507 e. The van der Waals surface area contributed by atoms with Gasteiger partial charge in [-0.05, 0) is 42.8 Å². The zero-order valence-electron chi connectivity index (χ0n) is 11.8. The first-order valence-corrected chi connectivity index (χ1v) is 6.82. The van der Waals surface area contributed by atoms with Crippen LogP contribution in [0.25, 0.3) is 0 Å². The lowest BCUT2D eigenvalue weighted by Gasteiger charge is -2.15. The second kappa shape index (κ2) is 6.50. The first-order chi connectivity index (χ1) is 10.0. The smallest absolute Gasteiger partial charge is 0.255 e. The molecule has 0 fully saturated rings. The van der Waals surface area contributed by atoms with Crippen LogP contribution in [0.5, 0.6) is 11.5 Å². The summed E-state index contributed by atoms with van der Waals surface area (Å²) in [5, 5.41) is 13.0. The summed E-state index contributed by atoms with van der Waals surface area (Å²) in [5.74, 6) is 0.266. The SMILES string of the molecule is COc1ccc(C(C)NC(=O)c2ccc(Cl)cc2O)cc1. The van der Waals surface area contributed by atoms with Crippen molar-refractivity contribution in [2.75, 3.05) is 7.11 Å². The third-order valence-electron chi connectivity index (χ3n) is 3.17. The molecule has 2 aromatic carbocycles. The van der Waals surface area contributed by atoms with Gasteiger partial charge in [-0.15, -0.1) is 0 Å². The molecule has 0 heterocycles. The molecule has 21 heavy (non-hydrogen) atoms. The highest BCUT2D eigenvalue weighted by Gasteiger charge is 2.15. The molecule has 0 aromatic heterocycles. The molecule has 0 aliphatic heterocycles. The summed E-state index contributed by atoms with van der Waals surface area (Å²) < 4.78 is 5.09. The first-order valence-electron chi connectivity index (χ1n) is 6.44. The molecular weight excluding hydrogens is 290 g/mol. The number of rotatable bonds is 4. The Balaban J connectivity index is 2.10. The van der Waals surface area contributed by atoms with E-state index in [0.717, 1.165) is 11.3 Å². The highest BCUT2D eigenvalue weighted by atomic mass is 35.5. The van der Waals surface area contributed by atoms with Crippen LogP contribution in [-0.2, 0) is 0 Å². The Morgan fingerprint density at radius 3 is 2.48 bits per heavy atom. The van der Waals surface area contributed by atoms with Crippen molar-refractivity contribution in [2.45, 2.75) is 13.0 Å². The van der Waals surface area contributed by atoms with Crippen LogP contribution in [0.15, 0.2) is 42.5 Å². The normalized spacial score (nSPS) is 11.8. The number of nitrogens with one attached hydrogen (secondary N) is 1. The van der Waals surface area contributed by atoms with Gasteiger partial charge in [-0.2, -0.15) is 0 Å². The molecule has 0 saturated heterocycles. The fourth-order valence-electron chi connectivity index (χ4n) is 1.95. The predicted octanol–water partition coefficient (Wildman–Crippen LogP) is 3.55. The summed E-state index contributed by atoms with van der Waals surface area (Å²) in [6.07, 6.45) is 0. The van der Waals surface area contributed by atoms with E-state index in [1.54, 1.807) is 13.2 Å². The number of carbonyl (C=O) groups excluding carboxylic acids is 1. The van der Waals surface area contributed by atoms with Gasteiger partial charge in [-0.25, -0.2) is 0 Å². The van der Waals surface area contributed by atoms with E-state index < -0.39 is 0 Å². The molecule has 0 spiro atoms. The zero-order valence-corrected chi connectivity index (χ0v) is 12.5. The average Bonchev–Trinajstić information content (AvgIpc) is 2.47. The number of hydrogen-bond donors (Lipinski definition) is 2. The summed E-state index contributed by atoms with van der Waals surface area (Å²) >= 11 is 5.75. The number of halogens is 1. The average molecular weight is 306 g/mol. The summed E-state index contributed by atoms with van der Waals surface area (Å²) in [4.78, 5) is 12.1. The molecule has 2 rings (SSSR count). The summed E-state index contributed by atoms with van der Waals surface area (Å²) in [6.45, 7) is 1.87. The molecule has 0 aliphatic rings. The molecule has 0 bridgehead atoms. The van der Waals surface area contributed by atoms with Gasteiger partial charge in [0.05, 0.1) is 18.7 Å². The maximum absolute atomic E-state index is 12.1. The molecule has 2 N–H and O–H groups in total. The Kier molecular flexibility index (Phi) is 4.70. The Morgan fingerprint density at radius 2 is 1.90 bits per heavy atom. The van der Waals surface area contributed by atoms with Gasteiger partial charge in [0.15, 0.2) is 0 Å². The Morgan fingerprint density at radius 1 is 1.24 bits per heavy atom. The van der Waals surface area contributed by atoms with Crippen LogP contribution in [-0.4, -0.2) is 18.1 Å². The number of amides is 1. The number of phenolic OH excluding ortho intramolecular Hbond substituents is 1. The molecule has 1 unspecified atom stereocenters. The quantitative estimate of drug-likeness (QED) is 0.908. The molecule has 0 aliphatic carbocycles. The van der Waals surface area contributed by atoms with Crippen LogP contribution in [0.3, 0.4) is 0 Å². The van der Waals surface area contributed by atoms with Crippen LogP contribution in [0, 0.1) is 0 Å². The highest BCUT2D eigenvalue weighted by molar-refractivity contribution is 6.30. The van der Waals surface area contributed by atoms with Crippen molar-refractivity contribution in [1.29, 1.82) is 0 Å². The van der Waals surface area contributed by atoms with Gasteiger partial charge < -0.3 is 15.2 Å². The van der Waals surface area contributed by atoms with Crippen molar-refractivity contribution in [3.8, 4) is 11.5 Å². The van der Waals surface area contributed by atoms with E-state index in [4.69, 9.17) is 16.3 Å². The number of phenols is 1. The number of aromatic hydroxyl groups is 1. The van der Waals surface area contributed by atoms with Crippen molar-refractivity contribution in [3.05, 3.63) is 58.6 Å². The summed E-state index contributed by atoms with van der Waals surface area (Å²) in [6, 6.07) is 11.6. The van der Waals surface area contributed by atoms with Crippen LogP contribution in [0.2, 0.25) is 5.02 Å². The van der Waals surface area contributed by atoms with Gasteiger partial charge >= 0.3 is 0 Å². The molecular formula is C16H16ClNO3. The molecule has 1 atom stereocenters. The van der Waals surface area contributed by atoms with Crippen molar-refractivity contribution >= 4 is 17.5 Å². The molecule has 4 nitrogen and oxygen atoms in total. The zero-order chi connectivity index (χ0) is 15.4. The number of methoxy groups -OCH3 is 1. The second-order valence-electron chi connectivity index (χ2n) is 4.63. The van der Waals surface area contributed by atoms with Crippen LogP contribution < -0.4 is 10.1 Å². The lowest BCUT2D eigenvalue weighted by molar-refractivity contribution is 0.0937. The van der Waals surface area contributed by atoms with Crippen LogP contribution >= 0.6 is 11.6 Å². The van der Waals surface area contributed by atoms with E-state index in [1.807, 2.05) is 31.2 Å². The molecule has 110 valence electrons. The van der Waals surface area contributed by atoms with E-state index in [-0.39, 0.29) is 23.3 Å². The highest BCUT2D eigenvalue weighted by Crippen LogP contribution is 2.23. The minimum Gasteiger partial charge on any atom is -0.507 e. The van der Waals surface area contributed by atoms with Crippen LogP contribution in [0.1, 0.15) is 28.9 Å². The number of benzene rings is 2. The second-order valence-corrected chi connectivity index (χ2v) is 5.07. The third kappa shape index (κ3) is 3.67. The Bertz CT molecular complexity index is 640. The maximum Gasteiger partial charge on any atom is 0.255 e. The van der Waals surface area contributed by atoms with Gasteiger partial charge in [0.2, 0.25) is 0 Å². The van der Waals surface area contributed by atoms with Crippen molar-refractivity contribution < 1.29 is 14.6 Å². The van der Waals surface area contributed by atoms with Crippen LogP contribution in [0.4, 0.5) is 0 Å². The van der Waals surface area contributed by atoms with Gasteiger partial charge in [0.1, 0.15) is 11.5 Å². The first kappa shape index (κ1) is 15.2. The van der Waals surface area contributed by atoms with Gasteiger partial charge in [-0.3, -0.25) is 4.79 Å². The fraction of sp³-hybridized carbons (Fsp3) is 0.188. The monoisotopic (exact) mass is 305 g/mol. The van der Waals surface area contributed by atoms with Gasteiger partial charge in [0.25, 0.3) is 5.91 Å². The number of ether oxygens (including phenoxy) is 1. The van der Waals surface area contributed by atoms with E-state index in [1.165, 1.54) is 12.1 Å². The lowest BCUT2D eigenvalue weighted by atomic mass is 10.1. The van der Waals surface area contributed by atoms with Gasteiger partial charge in [-0.1, -0.05) is 23.7 Å². The minimum absolute atomic E-state index is 0.137. The fourth-order valence-corrected chi connectivity index (χ4v) is 2.11. The predicted molar refractivity (Wildman–Crippen MR) is 82.0 cm³/mol. The standard InChI is InChI=1S/C16H16ClNO3/c1-10(11-3-6-13(21-2)7-4-11)18-16(20)14-8-5-12(17)9-15(14)19/h3-10,19H,1-2H3,(H,18,20). The van der Waals surface area contributed by atoms with E-state index in [0.29, 0.717) is 5.02 Å². The topological polar surface area (TPSA) is 58.6 Å². The van der Waals surface area contributed by atoms with Gasteiger partial charge in [0, 0.05) is 5.02 Å². The molecule has 2 aromatic rings. The Labute approximate surface area is 128 Å². The molecule has 0 radical (unpaired) electrons. The van der Waals surface area contributed by atoms with Crippen molar-refractivity contribution in [2.24, 2.45) is 0 Å². The lowest BCUT2D eigenvalue weighted by Crippen LogP contribution is -2.26.